The molecule has 4 heteroatoms. The molecule has 0 saturated carbocycles. The molecule has 1 amide bonds. The van der Waals surface area contributed by atoms with Gasteiger partial charge in [0.25, 0.3) is 0 Å². The van der Waals surface area contributed by atoms with Crippen molar-refractivity contribution in [3.8, 4) is 5.75 Å². The van der Waals surface area contributed by atoms with Crippen molar-refractivity contribution in [1.29, 1.82) is 0 Å². The van der Waals surface area contributed by atoms with Gasteiger partial charge in [-0.3, -0.25) is 4.79 Å². The van der Waals surface area contributed by atoms with Gasteiger partial charge in [0.1, 0.15) is 17.5 Å². The van der Waals surface area contributed by atoms with E-state index in [0.29, 0.717) is 13.0 Å². The second kappa shape index (κ2) is 5.23. The molecule has 1 fully saturated rings. The Balaban J connectivity index is 2.12. The Morgan fingerprint density at radius 3 is 2.57 bits per heavy atom. The van der Waals surface area contributed by atoms with Crippen LogP contribution in [0.5, 0.6) is 5.75 Å². The lowest BCUT2D eigenvalue weighted by Gasteiger charge is -2.45. The van der Waals surface area contributed by atoms with Crippen LogP contribution in [0.4, 0.5) is 0 Å². The van der Waals surface area contributed by atoms with Crippen LogP contribution < -0.4 is 4.74 Å². The predicted octanol–water partition coefficient (Wildman–Crippen LogP) is 3.18. The molecule has 3 rings (SSSR count). The normalized spacial score (nSPS) is 26.9. The van der Waals surface area contributed by atoms with Crippen LogP contribution >= 0.6 is 0 Å². The van der Waals surface area contributed by atoms with E-state index in [-0.39, 0.29) is 17.4 Å². The van der Waals surface area contributed by atoms with Gasteiger partial charge in [0.15, 0.2) is 0 Å². The number of aliphatic hydroxyl groups excluding tert-OH is 1. The maximum Gasteiger partial charge on any atom is 0.223 e. The number of amides is 1. The van der Waals surface area contributed by atoms with Crippen molar-refractivity contribution < 1.29 is 14.6 Å². The Bertz CT molecular complexity index is 630. The number of rotatable bonds is 1. The zero-order chi connectivity index (χ0) is 17.0. The number of fused-ring (bicyclic) bond motifs is 1. The van der Waals surface area contributed by atoms with Gasteiger partial charge in [-0.1, -0.05) is 26.8 Å². The van der Waals surface area contributed by atoms with Gasteiger partial charge in [-0.25, -0.2) is 0 Å². The summed E-state index contributed by atoms with van der Waals surface area (Å²) in [5.74, 6) is 0.900. The summed E-state index contributed by atoms with van der Waals surface area (Å²) in [6, 6.07) is 5.84. The second-order valence-corrected chi connectivity index (χ2v) is 8.29. The van der Waals surface area contributed by atoms with Gasteiger partial charge >= 0.3 is 0 Å². The summed E-state index contributed by atoms with van der Waals surface area (Å²) in [5, 5.41) is 10.9. The monoisotopic (exact) mass is 317 g/mol. The van der Waals surface area contributed by atoms with E-state index in [9.17, 15) is 9.90 Å². The summed E-state index contributed by atoms with van der Waals surface area (Å²) in [6.07, 6.45) is 0.684. The van der Waals surface area contributed by atoms with Crippen LogP contribution in [0.25, 0.3) is 0 Å². The molecule has 23 heavy (non-hydrogen) atoms. The maximum atomic E-state index is 12.3. The van der Waals surface area contributed by atoms with Crippen molar-refractivity contribution in [1.82, 2.24) is 4.90 Å². The minimum Gasteiger partial charge on any atom is -0.485 e. The van der Waals surface area contributed by atoms with E-state index in [0.717, 1.165) is 17.7 Å². The number of aliphatic hydroxyl groups is 1. The SMILES string of the molecule is CC(C)(C)c1ccc2c(c1)C(N1CCCC1=O)[C@H](O)C(C)(C)O2. The highest BCUT2D eigenvalue weighted by Gasteiger charge is 2.47. The summed E-state index contributed by atoms with van der Waals surface area (Å²) in [7, 11) is 0. The summed E-state index contributed by atoms with van der Waals surface area (Å²) >= 11 is 0. The quantitative estimate of drug-likeness (QED) is 0.865. The molecule has 0 bridgehead atoms. The fourth-order valence-electron chi connectivity index (χ4n) is 3.53. The average molecular weight is 317 g/mol. The Morgan fingerprint density at radius 1 is 1.30 bits per heavy atom. The highest BCUT2D eigenvalue weighted by Crippen LogP contribution is 2.45. The van der Waals surface area contributed by atoms with Crippen LogP contribution in [0.1, 0.15) is 64.6 Å². The van der Waals surface area contributed by atoms with Crippen LogP contribution in [0, 0.1) is 0 Å². The van der Waals surface area contributed by atoms with E-state index in [1.165, 1.54) is 5.56 Å². The predicted molar refractivity (Wildman–Crippen MR) is 89.5 cm³/mol. The first-order valence-corrected chi connectivity index (χ1v) is 8.42. The zero-order valence-electron chi connectivity index (χ0n) is 14.7. The van der Waals surface area contributed by atoms with Gasteiger partial charge in [-0.05, 0) is 43.4 Å². The van der Waals surface area contributed by atoms with Crippen LogP contribution in [-0.4, -0.2) is 34.2 Å². The van der Waals surface area contributed by atoms with Crippen LogP contribution in [0.15, 0.2) is 18.2 Å². The highest BCUT2D eigenvalue weighted by molar-refractivity contribution is 5.79. The summed E-state index contributed by atoms with van der Waals surface area (Å²) < 4.78 is 6.04. The van der Waals surface area contributed by atoms with E-state index in [2.05, 4.69) is 32.9 Å². The average Bonchev–Trinajstić information content (AvgIpc) is 2.84. The Labute approximate surface area is 138 Å². The van der Waals surface area contributed by atoms with Crippen molar-refractivity contribution >= 4 is 5.91 Å². The van der Waals surface area contributed by atoms with E-state index in [1.807, 2.05) is 24.8 Å². The standard InChI is InChI=1S/C19H27NO3/c1-18(2,3)12-8-9-14-13(11-12)16(17(22)19(4,5)23-14)20-10-6-7-15(20)21/h8-9,11,16-17,22H,6-7,10H2,1-5H3/t16?,17-/m0/s1. The van der Waals surface area contributed by atoms with Crippen molar-refractivity contribution in [3.05, 3.63) is 29.3 Å². The number of ether oxygens (including phenoxy) is 1. The number of likely N-dealkylation sites (tertiary alicyclic amines) is 1. The minimum absolute atomic E-state index is 0.00646. The van der Waals surface area contributed by atoms with Crippen molar-refractivity contribution in [2.24, 2.45) is 0 Å². The number of carbonyl (C=O) groups is 1. The third-order valence-corrected chi connectivity index (χ3v) is 5.02. The second-order valence-electron chi connectivity index (χ2n) is 8.29. The number of hydrogen-bond acceptors (Lipinski definition) is 3. The maximum absolute atomic E-state index is 12.3. The molecule has 2 aliphatic rings. The molecule has 2 heterocycles. The van der Waals surface area contributed by atoms with Crippen LogP contribution in [-0.2, 0) is 10.2 Å². The molecule has 0 spiro atoms. The molecule has 2 aliphatic heterocycles. The highest BCUT2D eigenvalue weighted by atomic mass is 16.5. The lowest BCUT2D eigenvalue weighted by atomic mass is 9.81. The van der Waals surface area contributed by atoms with Crippen LogP contribution in [0.2, 0.25) is 0 Å². The summed E-state index contributed by atoms with van der Waals surface area (Å²) in [5.41, 5.74) is 1.40. The fraction of sp³-hybridized carbons (Fsp3) is 0.632. The molecular formula is C19H27NO3. The Kier molecular flexibility index (Phi) is 3.71. The van der Waals surface area contributed by atoms with Gasteiger partial charge in [-0.15, -0.1) is 0 Å². The third-order valence-electron chi connectivity index (χ3n) is 5.02. The number of hydrogen-bond donors (Lipinski definition) is 1. The minimum atomic E-state index is -0.743. The first-order chi connectivity index (χ1) is 10.6. The number of benzene rings is 1. The third kappa shape index (κ3) is 2.74. The molecule has 1 aromatic rings. The van der Waals surface area contributed by atoms with Gasteiger partial charge in [0.2, 0.25) is 5.91 Å². The van der Waals surface area contributed by atoms with Gasteiger partial charge in [0.05, 0.1) is 6.04 Å². The topological polar surface area (TPSA) is 49.8 Å². The molecule has 1 N–H and O–H groups in total. The van der Waals surface area contributed by atoms with Gasteiger partial charge in [-0.2, -0.15) is 0 Å². The zero-order valence-corrected chi connectivity index (χ0v) is 14.7. The van der Waals surface area contributed by atoms with Gasteiger partial charge in [0, 0.05) is 18.5 Å². The van der Waals surface area contributed by atoms with E-state index in [1.54, 1.807) is 0 Å². The van der Waals surface area contributed by atoms with E-state index >= 15 is 0 Å². The Morgan fingerprint density at radius 2 is 2.00 bits per heavy atom. The molecular weight excluding hydrogens is 290 g/mol. The summed E-state index contributed by atoms with van der Waals surface area (Å²) in [4.78, 5) is 14.1. The van der Waals surface area contributed by atoms with Crippen molar-refractivity contribution in [2.75, 3.05) is 6.54 Å². The molecule has 0 aliphatic carbocycles. The molecule has 1 aromatic carbocycles. The van der Waals surface area contributed by atoms with Crippen LogP contribution in [0.3, 0.4) is 0 Å². The first-order valence-electron chi connectivity index (χ1n) is 8.42. The molecule has 0 radical (unpaired) electrons. The Hall–Kier alpha value is -1.55. The molecule has 1 saturated heterocycles. The number of carbonyl (C=O) groups excluding carboxylic acids is 1. The smallest absolute Gasteiger partial charge is 0.223 e. The molecule has 1 unspecified atom stereocenters. The van der Waals surface area contributed by atoms with Crippen molar-refractivity contribution in [3.63, 3.8) is 0 Å². The molecule has 126 valence electrons. The summed E-state index contributed by atoms with van der Waals surface area (Å²) in [6.45, 7) is 11.0. The van der Waals surface area contributed by atoms with Gasteiger partial charge < -0.3 is 14.7 Å². The lowest BCUT2D eigenvalue weighted by molar-refractivity contribution is -0.139. The molecule has 2 atom stereocenters. The lowest BCUT2D eigenvalue weighted by Crippen LogP contribution is -2.53. The fourth-order valence-corrected chi connectivity index (χ4v) is 3.53. The van der Waals surface area contributed by atoms with E-state index in [4.69, 9.17) is 4.74 Å². The van der Waals surface area contributed by atoms with E-state index < -0.39 is 11.7 Å². The largest absolute Gasteiger partial charge is 0.485 e. The molecule has 4 nitrogen and oxygen atoms in total. The number of nitrogens with zero attached hydrogens (tertiary/aromatic N) is 1. The molecule has 0 aromatic heterocycles. The first kappa shape index (κ1) is 16.3. The van der Waals surface area contributed by atoms with Crippen molar-refractivity contribution in [2.45, 2.75) is 70.6 Å².